The van der Waals surface area contributed by atoms with Gasteiger partial charge in [0, 0.05) is 6.07 Å². The summed E-state index contributed by atoms with van der Waals surface area (Å²) in [5.41, 5.74) is 1.53. The van der Waals surface area contributed by atoms with Gasteiger partial charge in [-0.15, -0.1) is 0 Å². The molecule has 0 atom stereocenters. The van der Waals surface area contributed by atoms with E-state index in [4.69, 9.17) is 18.9 Å². The molecule has 1 heterocycles. The molecule has 0 N–H and O–H groups in total. The van der Waals surface area contributed by atoms with Gasteiger partial charge in [0.25, 0.3) is 11.7 Å². The summed E-state index contributed by atoms with van der Waals surface area (Å²) < 4.78 is 21.2. The fourth-order valence-corrected chi connectivity index (χ4v) is 3.33. The monoisotopic (exact) mass is 413 g/mol. The quantitative estimate of drug-likeness (QED) is 0.485. The maximum atomic E-state index is 12.7. The summed E-state index contributed by atoms with van der Waals surface area (Å²) in [7, 11) is 4.27. The molecule has 2 aromatic rings. The summed E-state index contributed by atoms with van der Waals surface area (Å²) in [6.45, 7) is 2.33. The van der Waals surface area contributed by atoms with Crippen molar-refractivity contribution in [3.63, 3.8) is 0 Å². The molecular formula is C22H23NO7. The first-order valence-corrected chi connectivity index (χ1v) is 9.42. The predicted molar refractivity (Wildman–Crippen MR) is 109 cm³/mol. The van der Waals surface area contributed by atoms with Gasteiger partial charge in [0.2, 0.25) is 5.75 Å². The molecule has 8 nitrogen and oxygen atoms in total. The molecule has 1 aliphatic rings. The number of ketones is 1. The molecule has 0 fully saturated rings. The van der Waals surface area contributed by atoms with Gasteiger partial charge in [-0.25, -0.2) is 4.79 Å². The molecule has 0 aromatic heterocycles. The lowest BCUT2D eigenvalue weighted by atomic mass is 10.1. The zero-order chi connectivity index (χ0) is 21.8. The minimum absolute atomic E-state index is 0.0884. The number of ether oxygens (including phenoxy) is 4. The summed E-state index contributed by atoms with van der Waals surface area (Å²) in [6, 6.07) is 8.33. The maximum absolute atomic E-state index is 12.7. The first kappa shape index (κ1) is 21.2. The van der Waals surface area contributed by atoms with Crippen LogP contribution in [0.15, 0.2) is 30.3 Å². The molecule has 0 spiro atoms. The van der Waals surface area contributed by atoms with Gasteiger partial charge in [-0.1, -0.05) is 19.1 Å². The van der Waals surface area contributed by atoms with E-state index in [9.17, 15) is 14.4 Å². The number of methoxy groups -OCH3 is 3. The fourth-order valence-electron chi connectivity index (χ4n) is 3.33. The Kier molecular flexibility index (Phi) is 6.25. The SMILES string of the molecule is CCCOC(=O)c1cccc(CN2C(=O)C(=O)c3c2cc(OC)c(OC)c3OC)c1. The predicted octanol–water partition coefficient (Wildman–Crippen LogP) is 3.01. The van der Waals surface area contributed by atoms with Crippen LogP contribution in [0.2, 0.25) is 0 Å². The van der Waals surface area contributed by atoms with Crippen LogP contribution in [-0.4, -0.2) is 45.6 Å². The highest BCUT2D eigenvalue weighted by Crippen LogP contribution is 2.48. The minimum atomic E-state index is -0.697. The summed E-state index contributed by atoms with van der Waals surface area (Å²) in [5.74, 6) is -1.11. The topological polar surface area (TPSA) is 91.4 Å². The normalized spacial score (nSPS) is 12.6. The van der Waals surface area contributed by atoms with E-state index >= 15 is 0 Å². The Labute approximate surface area is 174 Å². The number of rotatable bonds is 8. The van der Waals surface area contributed by atoms with Crippen LogP contribution in [0.4, 0.5) is 5.69 Å². The summed E-state index contributed by atoms with van der Waals surface area (Å²) >= 11 is 0. The van der Waals surface area contributed by atoms with Crippen molar-refractivity contribution in [3.8, 4) is 17.2 Å². The average molecular weight is 413 g/mol. The molecule has 30 heavy (non-hydrogen) atoms. The van der Waals surface area contributed by atoms with Crippen LogP contribution in [0.25, 0.3) is 0 Å². The van der Waals surface area contributed by atoms with Gasteiger partial charge in [0.15, 0.2) is 11.5 Å². The Balaban J connectivity index is 1.99. The van der Waals surface area contributed by atoms with Crippen LogP contribution < -0.4 is 19.1 Å². The third-order valence-corrected chi connectivity index (χ3v) is 4.71. The van der Waals surface area contributed by atoms with E-state index in [0.717, 1.165) is 6.42 Å². The van der Waals surface area contributed by atoms with Crippen molar-refractivity contribution in [1.82, 2.24) is 0 Å². The number of amides is 1. The van der Waals surface area contributed by atoms with Crippen LogP contribution in [-0.2, 0) is 16.1 Å². The number of hydrogen-bond donors (Lipinski definition) is 0. The molecule has 0 bridgehead atoms. The third kappa shape index (κ3) is 3.68. The number of fused-ring (bicyclic) bond motifs is 1. The number of nitrogens with zero attached hydrogens (tertiary/aromatic N) is 1. The number of carbonyl (C=O) groups is 3. The first-order chi connectivity index (χ1) is 14.5. The molecule has 2 aromatic carbocycles. The standard InChI is InChI=1S/C22H23NO7/c1-5-9-30-22(26)14-8-6-7-13(10-14)12-23-15-11-16(27-2)19(28-3)20(29-4)17(15)18(24)21(23)25/h6-8,10-11H,5,9,12H2,1-4H3. The van der Waals surface area contributed by atoms with E-state index in [1.807, 2.05) is 6.92 Å². The largest absolute Gasteiger partial charge is 0.493 e. The van der Waals surface area contributed by atoms with Crippen molar-refractivity contribution in [3.05, 3.63) is 47.0 Å². The van der Waals surface area contributed by atoms with Gasteiger partial charge < -0.3 is 23.8 Å². The second-order valence-electron chi connectivity index (χ2n) is 6.60. The van der Waals surface area contributed by atoms with E-state index < -0.39 is 17.7 Å². The molecule has 1 amide bonds. The summed E-state index contributed by atoms with van der Waals surface area (Å²) in [4.78, 5) is 38.9. The van der Waals surface area contributed by atoms with Gasteiger partial charge in [-0.2, -0.15) is 0 Å². The van der Waals surface area contributed by atoms with Gasteiger partial charge in [0.05, 0.1) is 51.3 Å². The summed E-state index contributed by atoms with van der Waals surface area (Å²) in [5, 5.41) is 0. The zero-order valence-corrected chi connectivity index (χ0v) is 17.3. The smallest absolute Gasteiger partial charge is 0.338 e. The molecule has 158 valence electrons. The van der Waals surface area contributed by atoms with Crippen molar-refractivity contribution in [2.45, 2.75) is 19.9 Å². The van der Waals surface area contributed by atoms with Crippen LogP contribution in [0.3, 0.4) is 0 Å². The van der Waals surface area contributed by atoms with E-state index in [2.05, 4.69) is 0 Å². The van der Waals surface area contributed by atoms with E-state index in [0.29, 0.717) is 29.2 Å². The van der Waals surface area contributed by atoms with E-state index in [1.165, 1.54) is 26.2 Å². The first-order valence-electron chi connectivity index (χ1n) is 9.42. The van der Waals surface area contributed by atoms with Gasteiger partial charge in [0.1, 0.15) is 0 Å². The van der Waals surface area contributed by atoms with Crippen molar-refractivity contribution in [2.75, 3.05) is 32.8 Å². The number of hydrogen-bond acceptors (Lipinski definition) is 7. The lowest BCUT2D eigenvalue weighted by Crippen LogP contribution is -2.29. The summed E-state index contributed by atoms with van der Waals surface area (Å²) in [6.07, 6.45) is 0.722. The van der Waals surface area contributed by atoms with Crippen LogP contribution in [0, 0.1) is 0 Å². The number of esters is 1. The van der Waals surface area contributed by atoms with Crippen molar-refractivity contribution >= 4 is 23.3 Å². The fraction of sp³-hybridized carbons (Fsp3) is 0.318. The number of carbonyl (C=O) groups excluding carboxylic acids is 3. The molecular weight excluding hydrogens is 390 g/mol. The number of Topliss-reactive ketones (excluding diaryl/α,β-unsaturated/α-hetero) is 1. The van der Waals surface area contributed by atoms with E-state index in [1.54, 1.807) is 30.3 Å². The molecule has 0 unspecified atom stereocenters. The van der Waals surface area contributed by atoms with Crippen LogP contribution in [0.1, 0.15) is 39.6 Å². The highest BCUT2D eigenvalue weighted by Gasteiger charge is 2.41. The highest BCUT2D eigenvalue weighted by molar-refractivity contribution is 6.53. The maximum Gasteiger partial charge on any atom is 0.338 e. The highest BCUT2D eigenvalue weighted by atomic mass is 16.5. The lowest BCUT2D eigenvalue weighted by molar-refractivity contribution is -0.114. The van der Waals surface area contributed by atoms with Gasteiger partial charge in [-0.05, 0) is 24.1 Å². The van der Waals surface area contributed by atoms with E-state index in [-0.39, 0.29) is 23.6 Å². The number of anilines is 1. The second-order valence-corrected chi connectivity index (χ2v) is 6.60. The second kappa shape index (κ2) is 8.86. The molecule has 1 aliphatic heterocycles. The Hall–Kier alpha value is -3.55. The average Bonchev–Trinajstić information content (AvgIpc) is 3.00. The molecule has 0 aliphatic carbocycles. The van der Waals surface area contributed by atoms with Crippen molar-refractivity contribution in [1.29, 1.82) is 0 Å². The lowest BCUT2D eigenvalue weighted by Gasteiger charge is -2.20. The third-order valence-electron chi connectivity index (χ3n) is 4.71. The molecule has 0 saturated heterocycles. The molecule has 8 heteroatoms. The van der Waals surface area contributed by atoms with Crippen molar-refractivity contribution in [2.24, 2.45) is 0 Å². The molecule has 0 saturated carbocycles. The minimum Gasteiger partial charge on any atom is -0.493 e. The molecule has 0 radical (unpaired) electrons. The molecule has 3 rings (SSSR count). The van der Waals surface area contributed by atoms with Gasteiger partial charge >= 0.3 is 5.97 Å². The zero-order valence-electron chi connectivity index (χ0n) is 17.3. The Morgan fingerprint density at radius 3 is 2.37 bits per heavy atom. The van der Waals surface area contributed by atoms with Gasteiger partial charge in [-0.3, -0.25) is 9.59 Å². The Morgan fingerprint density at radius 2 is 1.73 bits per heavy atom. The Bertz CT molecular complexity index is 999. The van der Waals surface area contributed by atoms with Crippen LogP contribution in [0.5, 0.6) is 17.2 Å². The van der Waals surface area contributed by atoms with Crippen molar-refractivity contribution < 1.29 is 33.3 Å². The van der Waals surface area contributed by atoms with Crippen LogP contribution >= 0.6 is 0 Å². The Morgan fingerprint density at radius 1 is 1.00 bits per heavy atom. The number of benzene rings is 2.